The predicted octanol–water partition coefficient (Wildman–Crippen LogP) is 3.40. The summed E-state index contributed by atoms with van der Waals surface area (Å²) in [5.74, 6) is 1.97. The van der Waals surface area contributed by atoms with Crippen LogP contribution in [0, 0.1) is 11.3 Å². The quantitative estimate of drug-likeness (QED) is 0.874. The number of rotatable bonds is 6. The van der Waals surface area contributed by atoms with Gasteiger partial charge >= 0.3 is 0 Å². The Hall–Kier alpha value is -2.25. The van der Waals surface area contributed by atoms with Crippen molar-refractivity contribution in [1.82, 2.24) is 5.32 Å². The lowest BCUT2D eigenvalue weighted by Crippen LogP contribution is -2.19. The van der Waals surface area contributed by atoms with Crippen molar-refractivity contribution < 1.29 is 9.15 Å². The third kappa shape index (κ3) is 3.40. The number of methoxy groups -OCH3 is 1. The molecule has 20 heavy (non-hydrogen) atoms. The van der Waals surface area contributed by atoms with E-state index < -0.39 is 0 Å². The molecule has 0 fully saturated rings. The van der Waals surface area contributed by atoms with Gasteiger partial charge in [0.05, 0.1) is 13.7 Å². The zero-order valence-electron chi connectivity index (χ0n) is 11.7. The Morgan fingerprint density at radius 2 is 2.00 bits per heavy atom. The Labute approximate surface area is 119 Å². The van der Waals surface area contributed by atoms with Crippen LogP contribution in [0.1, 0.15) is 36.5 Å². The number of hydrogen-bond donors (Lipinski definition) is 1. The number of nitrogens with one attached hydrogen (secondary N) is 1. The monoisotopic (exact) mass is 270 g/mol. The van der Waals surface area contributed by atoms with E-state index in [9.17, 15) is 0 Å². The highest BCUT2D eigenvalue weighted by Gasteiger charge is 2.10. The van der Waals surface area contributed by atoms with Crippen molar-refractivity contribution in [3.05, 3.63) is 53.5 Å². The fraction of sp³-hybridized carbons (Fsp3) is 0.312. The van der Waals surface area contributed by atoms with E-state index in [0.29, 0.717) is 12.3 Å². The molecule has 1 heterocycles. The average Bonchev–Trinajstić information content (AvgIpc) is 2.96. The number of hydrogen-bond acceptors (Lipinski definition) is 4. The van der Waals surface area contributed by atoms with Gasteiger partial charge in [0, 0.05) is 6.04 Å². The second-order valence-electron chi connectivity index (χ2n) is 4.49. The lowest BCUT2D eigenvalue weighted by Gasteiger charge is -2.17. The van der Waals surface area contributed by atoms with E-state index in [-0.39, 0.29) is 6.04 Å². The zero-order chi connectivity index (χ0) is 14.4. The summed E-state index contributed by atoms with van der Waals surface area (Å²) in [6.45, 7) is 2.73. The second-order valence-corrected chi connectivity index (χ2v) is 4.49. The van der Waals surface area contributed by atoms with Crippen LogP contribution in [0.3, 0.4) is 0 Å². The first-order valence-corrected chi connectivity index (χ1v) is 6.63. The van der Waals surface area contributed by atoms with Gasteiger partial charge in [-0.25, -0.2) is 0 Å². The highest BCUT2D eigenvalue weighted by Crippen LogP contribution is 2.20. The largest absolute Gasteiger partial charge is 0.497 e. The fourth-order valence-corrected chi connectivity index (χ4v) is 2.09. The van der Waals surface area contributed by atoms with Crippen LogP contribution < -0.4 is 10.1 Å². The van der Waals surface area contributed by atoms with Gasteiger partial charge in [-0.05, 0) is 36.2 Å². The van der Waals surface area contributed by atoms with E-state index in [1.807, 2.05) is 24.3 Å². The van der Waals surface area contributed by atoms with Gasteiger partial charge in [-0.1, -0.05) is 19.1 Å². The summed E-state index contributed by atoms with van der Waals surface area (Å²) >= 11 is 0. The maximum absolute atomic E-state index is 8.73. The van der Waals surface area contributed by atoms with E-state index in [0.717, 1.165) is 17.9 Å². The summed E-state index contributed by atoms with van der Waals surface area (Å²) in [5, 5.41) is 12.2. The molecular weight excluding hydrogens is 252 g/mol. The molecule has 4 heteroatoms. The maximum Gasteiger partial charge on any atom is 0.203 e. The summed E-state index contributed by atoms with van der Waals surface area (Å²) in [7, 11) is 1.66. The topological polar surface area (TPSA) is 58.2 Å². The predicted molar refractivity (Wildman–Crippen MR) is 76.3 cm³/mol. The molecule has 0 radical (unpaired) electrons. The van der Waals surface area contributed by atoms with E-state index in [1.54, 1.807) is 13.2 Å². The molecule has 0 saturated carbocycles. The minimum atomic E-state index is 0.247. The van der Waals surface area contributed by atoms with Gasteiger partial charge < -0.3 is 14.5 Å². The standard InChI is InChI=1S/C16H18N2O2/c1-3-16(12-4-6-13(19-2)7-5-12)18-11-15-9-8-14(10-17)20-15/h4-9,16,18H,3,11H2,1-2H3. The molecule has 0 amide bonds. The Bertz CT molecular complexity index is 581. The first-order chi connectivity index (χ1) is 9.76. The molecule has 2 aromatic rings. The molecule has 1 atom stereocenters. The van der Waals surface area contributed by atoms with Crippen LogP contribution in [-0.4, -0.2) is 7.11 Å². The van der Waals surface area contributed by atoms with Crippen LogP contribution in [0.4, 0.5) is 0 Å². The molecule has 1 N–H and O–H groups in total. The molecule has 1 aromatic carbocycles. The van der Waals surface area contributed by atoms with Gasteiger partial charge in [0.15, 0.2) is 0 Å². The van der Waals surface area contributed by atoms with Crippen molar-refractivity contribution in [1.29, 1.82) is 5.26 Å². The first-order valence-electron chi connectivity index (χ1n) is 6.63. The lowest BCUT2D eigenvalue weighted by atomic mass is 10.0. The molecule has 0 saturated heterocycles. The van der Waals surface area contributed by atoms with Crippen LogP contribution in [0.25, 0.3) is 0 Å². The lowest BCUT2D eigenvalue weighted by molar-refractivity contribution is 0.413. The van der Waals surface area contributed by atoms with Crippen LogP contribution in [0.5, 0.6) is 5.75 Å². The number of benzene rings is 1. The van der Waals surface area contributed by atoms with Gasteiger partial charge in [0.25, 0.3) is 0 Å². The molecule has 4 nitrogen and oxygen atoms in total. The first kappa shape index (κ1) is 14.2. The molecule has 1 unspecified atom stereocenters. The minimum absolute atomic E-state index is 0.247. The highest BCUT2D eigenvalue weighted by molar-refractivity contribution is 5.29. The Morgan fingerprint density at radius 3 is 2.55 bits per heavy atom. The maximum atomic E-state index is 8.73. The van der Waals surface area contributed by atoms with E-state index in [2.05, 4.69) is 24.4 Å². The molecule has 2 rings (SSSR count). The molecule has 104 valence electrons. The molecule has 0 aliphatic rings. The van der Waals surface area contributed by atoms with E-state index in [4.69, 9.17) is 14.4 Å². The number of furan rings is 1. The zero-order valence-corrected chi connectivity index (χ0v) is 11.7. The molecule has 0 aliphatic heterocycles. The van der Waals surface area contributed by atoms with Gasteiger partial charge in [-0.2, -0.15) is 5.26 Å². The second kappa shape index (κ2) is 6.78. The van der Waals surface area contributed by atoms with Gasteiger partial charge in [0.2, 0.25) is 5.76 Å². The summed E-state index contributed by atoms with van der Waals surface area (Å²) in [6, 6.07) is 13.8. The number of ether oxygens (including phenoxy) is 1. The Kier molecular flexibility index (Phi) is 4.80. The van der Waals surface area contributed by atoms with Gasteiger partial charge in [-0.15, -0.1) is 0 Å². The summed E-state index contributed by atoms with van der Waals surface area (Å²) < 4.78 is 10.5. The SMILES string of the molecule is CCC(NCc1ccc(C#N)o1)c1ccc(OC)cc1. The Morgan fingerprint density at radius 1 is 1.25 bits per heavy atom. The van der Waals surface area contributed by atoms with Crippen molar-refractivity contribution in [2.45, 2.75) is 25.9 Å². The highest BCUT2D eigenvalue weighted by atomic mass is 16.5. The van der Waals surface area contributed by atoms with Crippen LogP contribution in [0.2, 0.25) is 0 Å². The fourth-order valence-electron chi connectivity index (χ4n) is 2.09. The summed E-state index contributed by atoms with van der Waals surface area (Å²) in [4.78, 5) is 0. The molecule has 1 aromatic heterocycles. The van der Waals surface area contributed by atoms with Crippen molar-refractivity contribution in [3.63, 3.8) is 0 Å². The van der Waals surface area contributed by atoms with Crippen molar-refractivity contribution >= 4 is 0 Å². The molecule has 0 spiro atoms. The summed E-state index contributed by atoms with van der Waals surface area (Å²) in [6.07, 6.45) is 0.970. The van der Waals surface area contributed by atoms with Crippen LogP contribution >= 0.6 is 0 Å². The van der Waals surface area contributed by atoms with Crippen molar-refractivity contribution in [3.8, 4) is 11.8 Å². The van der Waals surface area contributed by atoms with Crippen molar-refractivity contribution in [2.75, 3.05) is 7.11 Å². The number of nitriles is 1. The smallest absolute Gasteiger partial charge is 0.203 e. The number of nitrogens with zero attached hydrogens (tertiary/aromatic N) is 1. The molecular formula is C16H18N2O2. The molecule has 0 bridgehead atoms. The van der Waals surface area contributed by atoms with Gasteiger partial charge in [0.1, 0.15) is 17.6 Å². The third-order valence-corrected chi connectivity index (χ3v) is 3.22. The van der Waals surface area contributed by atoms with E-state index >= 15 is 0 Å². The minimum Gasteiger partial charge on any atom is -0.497 e. The third-order valence-electron chi connectivity index (χ3n) is 3.22. The van der Waals surface area contributed by atoms with Crippen molar-refractivity contribution in [2.24, 2.45) is 0 Å². The normalized spacial score (nSPS) is 11.8. The summed E-state index contributed by atoms with van der Waals surface area (Å²) in [5.41, 5.74) is 1.21. The Balaban J connectivity index is 1.99. The molecule has 0 aliphatic carbocycles. The van der Waals surface area contributed by atoms with Crippen LogP contribution in [0.15, 0.2) is 40.8 Å². The van der Waals surface area contributed by atoms with Gasteiger partial charge in [-0.3, -0.25) is 0 Å². The van der Waals surface area contributed by atoms with Crippen LogP contribution in [-0.2, 0) is 6.54 Å². The average molecular weight is 270 g/mol. The van der Waals surface area contributed by atoms with E-state index in [1.165, 1.54) is 5.56 Å².